The Hall–Kier alpha value is -2.27. The van der Waals surface area contributed by atoms with E-state index < -0.39 is 30.5 Å². The number of hydrogen-bond donors (Lipinski definition) is 1. The first-order chi connectivity index (χ1) is 11.4. The second-order valence-corrected chi connectivity index (χ2v) is 5.24. The molecule has 1 atom stereocenters. The van der Waals surface area contributed by atoms with Gasteiger partial charge in [-0.15, -0.1) is 13.2 Å². The summed E-state index contributed by atoms with van der Waals surface area (Å²) in [5, 5.41) is 13.5. The molecule has 0 spiro atoms. The van der Waals surface area contributed by atoms with Crippen molar-refractivity contribution in [1.82, 2.24) is 5.01 Å². The van der Waals surface area contributed by atoms with Crippen LogP contribution in [0.15, 0.2) is 29.4 Å². The molecule has 11 heteroatoms. The number of ether oxygens (including phenoxy) is 2. The topological polar surface area (TPSA) is 71.4 Å². The number of alkyl halides is 5. The molecular formula is C14H13F5N2O4. The fourth-order valence-electron chi connectivity index (χ4n) is 2.27. The maximum absolute atomic E-state index is 14.0. The highest BCUT2D eigenvalue weighted by Crippen LogP contribution is 2.43. The summed E-state index contributed by atoms with van der Waals surface area (Å²) < 4.78 is 72.3. The van der Waals surface area contributed by atoms with Gasteiger partial charge in [-0.05, 0) is 25.1 Å². The van der Waals surface area contributed by atoms with Gasteiger partial charge < -0.3 is 9.84 Å². The number of carbonyl (C=O) groups excluding carboxylic acids is 1. The number of nitrogens with zero attached hydrogens (tertiary/aromatic N) is 2. The van der Waals surface area contributed by atoms with Crippen molar-refractivity contribution in [1.29, 1.82) is 0 Å². The lowest BCUT2D eigenvalue weighted by atomic mass is 10.1. The Kier molecular flexibility index (Phi) is 4.75. The van der Waals surface area contributed by atoms with Crippen LogP contribution < -0.4 is 4.74 Å². The van der Waals surface area contributed by atoms with Gasteiger partial charge in [0.1, 0.15) is 5.75 Å². The van der Waals surface area contributed by atoms with Crippen molar-refractivity contribution in [3.05, 3.63) is 29.8 Å². The highest BCUT2D eigenvalue weighted by Gasteiger charge is 2.66. The molecule has 138 valence electrons. The lowest BCUT2D eigenvalue weighted by Crippen LogP contribution is -2.61. The second-order valence-electron chi connectivity index (χ2n) is 5.24. The zero-order valence-corrected chi connectivity index (χ0v) is 13.0. The maximum atomic E-state index is 14.0. The van der Waals surface area contributed by atoms with E-state index in [4.69, 9.17) is 4.74 Å². The van der Waals surface area contributed by atoms with Crippen LogP contribution in [-0.2, 0) is 4.74 Å². The number of amides is 1. The molecule has 1 aliphatic rings. The summed E-state index contributed by atoms with van der Waals surface area (Å²) >= 11 is 0. The Balaban J connectivity index is 2.41. The lowest BCUT2D eigenvalue weighted by Gasteiger charge is -2.36. The van der Waals surface area contributed by atoms with Crippen LogP contribution in [0.4, 0.5) is 22.0 Å². The molecule has 0 aliphatic carbocycles. The molecule has 0 fully saturated rings. The monoisotopic (exact) mass is 368 g/mol. The van der Waals surface area contributed by atoms with Crippen LogP contribution in [0.25, 0.3) is 0 Å². The SMILES string of the molecule is COc1cccc(C(=O)N2N=C(C)C[C@@]2(O)C(F)(F)OC(F)(F)F)c1. The van der Waals surface area contributed by atoms with Crippen molar-refractivity contribution in [3.63, 3.8) is 0 Å². The highest BCUT2D eigenvalue weighted by atomic mass is 19.4. The van der Waals surface area contributed by atoms with Gasteiger partial charge in [-0.2, -0.15) is 18.9 Å². The van der Waals surface area contributed by atoms with Crippen molar-refractivity contribution in [3.8, 4) is 5.75 Å². The average molecular weight is 368 g/mol. The van der Waals surface area contributed by atoms with Crippen LogP contribution in [0.5, 0.6) is 5.75 Å². The fraction of sp³-hybridized carbons (Fsp3) is 0.429. The van der Waals surface area contributed by atoms with Crippen molar-refractivity contribution in [2.45, 2.75) is 31.5 Å². The van der Waals surface area contributed by atoms with Gasteiger partial charge in [0.05, 0.1) is 7.11 Å². The minimum atomic E-state index is -5.74. The number of hydrazone groups is 1. The molecule has 0 saturated heterocycles. The summed E-state index contributed by atoms with van der Waals surface area (Å²) in [5.74, 6) is -1.05. The van der Waals surface area contributed by atoms with Gasteiger partial charge in [0, 0.05) is 17.7 Å². The van der Waals surface area contributed by atoms with E-state index in [1.165, 1.54) is 32.2 Å². The Bertz CT molecular complexity index is 707. The van der Waals surface area contributed by atoms with Crippen molar-refractivity contribution in [2.75, 3.05) is 7.11 Å². The molecule has 25 heavy (non-hydrogen) atoms. The van der Waals surface area contributed by atoms with E-state index in [9.17, 15) is 31.9 Å². The molecule has 1 heterocycles. The van der Waals surface area contributed by atoms with Gasteiger partial charge in [-0.1, -0.05) is 6.07 Å². The smallest absolute Gasteiger partial charge is 0.497 e. The first-order valence-electron chi connectivity index (χ1n) is 6.79. The van der Waals surface area contributed by atoms with E-state index in [2.05, 4.69) is 9.84 Å². The van der Waals surface area contributed by atoms with Gasteiger partial charge >= 0.3 is 12.5 Å². The van der Waals surface area contributed by atoms with E-state index >= 15 is 0 Å². The molecular weight excluding hydrogens is 355 g/mol. The van der Waals surface area contributed by atoms with E-state index in [1.54, 1.807) is 0 Å². The number of aliphatic hydroxyl groups is 1. The molecule has 1 amide bonds. The molecule has 2 rings (SSSR count). The minimum Gasteiger partial charge on any atom is -0.497 e. The number of rotatable bonds is 4. The number of benzene rings is 1. The summed E-state index contributed by atoms with van der Waals surface area (Å²) in [6, 6.07) is 5.19. The third-order valence-electron chi connectivity index (χ3n) is 3.34. The Labute approximate surface area is 138 Å². The number of carbonyl (C=O) groups is 1. The van der Waals surface area contributed by atoms with Gasteiger partial charge in [-0.25, -0.2) is 4.74 Å². The predicted molar refractivity (Wildman–Crippen MR) is 73.9 cm³/mol. The molecule has 0 unspecified atom stereocenters. The maximum Gasteiger partial charge on any atom is 0.527 e. The zero-order valence-electron chi connectivity index (χ0n) is 13.0. The van der Waals surface area contributed by atoms with Gasteiger partial charge in [0.15, 0.2) is 0 Å². The van der Waals surface area contributed by atoms with Gasteiger partial charge in [0.2, 0.25) is 0 Å². The first-order valence-corrected chi connectivity index (χ1v) is 6.79. The molecule has 0 bridgehead atoms. The minimum absolute atomic E-state index is 0.108. The van der Waals surface area contributed by atoms with Crippen LogP contribution in [-0.4, -0.2) is 47.0 Å². The molecule has 1 N–H and O–H groups in total. The molecule has 1 aromatic rings. The van der Waals surface area contributed by atoms with Crippen LogP contribution in [0.1, 0.15) is 23.7 Å². The van der Waals surface area contributed by atoms with Crippen molar-refractivity contribution >= 4 is 11.6 Å². The molecule has 1 aliphatic heterocycles. The first kappa shape index (κ1) is 19.1. The number of methoxy groups -OCH3 is 1. The number of hydrogen-bond acceptors (Lipinski definition) is 5. The van der Waals surface area contributed by atoms with E-state index in [0.717, 1.165) is 6.07 Å². The molecule has 0 radical (unpaired) electrons. The van der Waals surface area contributed by atoms with Crippen LogP contribution in [0.3, 0.4) is 0 Å². The van der Waals surface area contributed by atoms with Gasteiger partial charge in [-0.3, -0.25) is 4.79 Å². The Morgan fingerprint density at radius 1 is 1.32 bits per heavy atom. The third kappa shape index (κ3) is 3.71. The number of halogens is 5. The summed E-state index contributed by atoms with van der Waals surface area (Å²) in [7, 11) is 1.30. The summed E-state index contributed by atoms with van der Waals surface area (Å²) in [6.45, 7) is 1.17. The van der Waals surface area contributed by atoms with Crippen molar-refractivity contribution < 1.29 is 41.3 Å². The molecule has 1 aromatic carbocycles. The van der Waals surface area contributed by atoms with Crippen LogP contribution in [0, 0.1) is 0 Å². The zero-order chi connectivity index (χ0) is 19.0. The second kappa shape index (κ2) is 6.23. The quantitative estimate of drug-likeness (QED) is 0.830. The highest BCUT2D eigenvalue weighted by molar-refractivity contribution is 5.98. The normalized spacial score (nSPS) is 21.3. The lowest BCUT2D eigenvalue weighted by molar-refractivity contribution is -0.468. The van der Waals surface area contributed by atoms with Crippen molar-refractivity contribution in [2.24, 2.45) is 5.10 Å². The Morgan fingerprint density at radius 2 is 1.96 bits per heavy atom. The summed E-state index contributed by atoms with van der Waals surface area (Å²) in [5.41, 5.74) is -4.03. The average Bonchev–Trinajstić information content (AvgIpc) is 2.81. The summed E-state index contributed by atoms with van der Waals surface area (Å²) in [4.78, 5) is 12.4. The fourth-order valence-corrected chi connectivity index (χ4v) is 2.27. The molecule has 0 saturated carbocycles. The summed E-state index contributed by atoms with van der Waals surface area (Å²) in [6.07, 6.45) is -11.9. The predicted octanol–water partition coefficient (Wildman–Crippen LogP) is 2.73. The standard InChI is InChI=1S/C14H13F5N2O4/c1-8-7-12(23,13(15,16)25-14(17,18)19)21(20-8)11(22)9-4-3-5-10(6-9)24-2/h3-6,23H,7H2,1-2H3/t12-/m1/s1. The molecule has 0 aromatic heterocycles. The van der Waals surface area contributed by atoms with E-state index in [1.807, 2.05) is 0 Å². The Morgan fingerprint density at radius 3 is 2.52 bits per heavy atom. The van der Waals surface area contributed by atoms with Crippen LogP contribution in [0.2, 0.25) is 0 Å². The largest absolute Gasteiger partial charge is 0.527 e. The molecule has 6 nitrogen and oxygen atoms in total. The van der Waals surface area contributed by atoms with Crippen LogP contribution >= 0.6 is 0 Å². The van der Waals surface area contributed by atoms with Gasteiger partial charge in [0.25, 0.3) is 11.6 Å². The van der Waals surface area contributed by atoms with E-state index in [0.29, 0.717) is 0 Å². The third-order valence-corrected chi connectivity index (χ3v) is 3.34. The van der Waals surface area contributed by atoms with E-state index in [-0.39, 0.29) is 22.0 Å².